The molecule has 2 aromatic carbocycles. The lowest BCUT2D eigenvalue weighted by atomic mass is 9.91. The number of ether oxygens (including phenoxy) is 2. The second-order valence-corrected chi connectivity index (χ2v) is 10.0. The van der Waals surface area contributed by atoms with Crippen LogP contribution in [0.15, 0.2) is 72.8 Å². The van der Waals surface area contributed by atoms with Gasteiger partial charge in [0.2, 0.25) is 5.91 Å². The Bertz CT molecular complexity index is 1200. The molecule has 0 saturated heterocycles. The van der Waals surface area contributed by atoms with Gasteiger partial charge in [0.1, 0.15) is 24.2 Å². The molecule has 0 radical (unpaired) electrons. The van der Waals surface area contributed by atoms with Crippen LogP contribution in [0.4, 0.5) is 18.9 Å². The molecule has 0 bridgehead atoms. The Kier molecular flexibility index (Phi) is 12.0. The minimum absolute atomic E-state index is 0.0156. The SMILES string of the molecule is CC(=O)Nc1ccc(OC(=O)CCC/C=C\C[C@H]2CC[C@@H](O)[C@@H]2/C=C/[C@@H](O)COc2cccc(C(F)(F)F)c2)cc1. The van der Waals surface area contributed by atoms with E-state index in [1.54, 1.807) is 30.3 Å². The molecule has 3 N–H and O–H groups in total. The molecule has 1 saturated carbocycles. The lowest BCUT2D eigenvalue weighted by Crippen LogP contribution is -2.19. The lowest BCUT2D eigenvalue weighted by molar-refractivity contribution is -0.137. The summed E-state index contributed by atoms with van der Waals surface area (Å²) in [5.41, 5.74) is -0.203. The molecule has 7 nitrogen and oxygen atoms in total. The fourth-order valence-electron chi connectivity index (χ4n) is 4.65. The highest BCUT2D eigenvalue weighted by Gasteiger charge is 2.32. The monoisotopic (exact) mass is 575 g/mol. The normalized spacial score (nSPS) is 19.9. The third-order valence-corrected chi connectivity index (χ3v) is 6.72. The second-order valence-electron chi connectivity index (χ2n) is 10.0. The predicted molar refractivity (Wildman–Crippen MR) is 148 cm³/mol. The molecule has 1 aliphatic carbocycles. The van der Waals surface area contributed by atoms with Crippen LogP contribution in [0.25, 0.3) is 0 Å². The number of halogens is 3. The van der Waals surface area contributed by atoms with E-state index in [4.69, 9.17) is 9.47 Å². The molecular weight excluding hydrogens is 539 g/mol. The van der Waals surface area contributed by atoms with Gasteiger partial charge < -0.3 is 25.0 Å². The maximum absolute atomic E-state index is 12.9. The van der Waals surface area contributed by atoms with E-state index >= 15 is 0 Å². The lowest BCUT2D eigenvalue weighted by Gasteiger charge is -2.18. The fraction of sp³-hybridized carbons (Fsp3) is 0.419. The molecule has 0 aromatic heterocycles. The number of alkyl halides is 3. The predicted octanol–water partition coefficient (Wildman–Crippen LogP) is 6.07. The Labute approximate surface area is 237 Å². The van der Waals surface area contributed by atoms with Gasteiger partial charge >= 0.3 is 12.1 Å². The molecule has 4 atom stereocenters. The number of carbonyl (C=O) groups excluding carboxylic acids is 2. The first-order chi connectivity index (χ1) is 19.5. The van der Waals surface area contributed by atoms with Crippen LogP contribution in [0, 0.1) is 11.8 Å². The number of aliphatic hydroxyl groups excluding tert-OH is 2. The van der Waals surface area contributed by atoms with Crippen molar-refractivity contribution in [2.75, 3.05) is 11.9 Å². The van der Waals surface area contributed by atoms with Gasteiger partial charge in [-0.1, -0.05) is 30.4 Å². The Morgan fingerprint density at radius 3 is 2.56 bits per heavy atom. The van der Waals surface area contributed by atoms with Gasteiger partial charge in [0.15, 0.2) is 0 Å². The second kappa shape index (κ2) is 15.4. The molecule has 41 heavy (non-hydrogen) atoms. The number of carbonyl (C=O) groups is 2. The average molecular weight is 576 g/mol. The summed E-state index contributed by atoms with van der Waals surface area (Å²) >= 11 is 0. The average Bonchev–Trinajstić information content (AvgIpc) is 3.27. The molecule has 0 spiro atoms. The van der Waals surface area contributed by atoms with Crippen LogP contribution < -0.4 is 14.8 Å². The highest BCUT2D eigenvalue weighted by Crippen LogP contribution is 2.36. The molecule has 10 heteroatoms. The Hall–Kier alpha value is -3.63. The number of hydrogen-bond acceptors (Lipinski definition) is 6. The first kappa shape index (κ1) is 31.9. The van der Waals surface area contributed by atoms with Crippen LogP contribution in [-0.4, -0.2) is 40.9 Å². The Morgan fingerprint density at radius 1 is 1.10 bits per heavy atom. The zero-order valence-corrected chi connectivity index (χ0v) is 22.8. The summed E-state index contributed by atoms with van der Waals surface area (Å²) < 4.78 is 49.2. The first-order valence-corrected chi connectivity index (χ1v) is 13.6. The maximum atomic E-state index is 12.9. The van der Waals surface area contributed by atoms with Crippen molar-refractivity contribution in [3.63, 3.8) is 0 Å². The molecule has 3 rings (SSSR count). The summed E-state index contributed by atoms with van der Waals surface area (Å²) in [6.07, 6.45) is 5.01. The molecule has 0 unspecified atom stereocenters. The van der Waals surface area contributed by atoms with Crippen molar-refractivity contribution in [3.8, 4) is 11.5 Å². The third-order valence-electron chi connectivity index (χ3n) is 6.72. The number of hydrogen-bond donors (Lipinski definition) is 3. The number of allylic oxidation sites excluding steroid dienone is 2. The van der Waals surface area contributed by atoms with E-state index in [-0.39, 0.29) is 42.5 Å². The van der Waals surface area contributed by atoms with Gasteiger partial charge in [-0.25, -0.2) is 0 Å². The van der Waals surface area contributed by atoms with Gasteiger partial charge in [-0.15, -0.1) is 0 Å². The summed E-state index contributed by atoms with van der Waals surface area (Å²) in [7, 11) is 0. The number of amides is 1. The zero-order chi connectivity index (χ0) is 29.8. The van der Waals surface area contributed by atoms with Crippen LogP contribution in [-0.2, 0) is 15.8 Å². The Balaban J connectivity index is 1.36. The van der Waals surface area contributed by atoms with Crippen molar-refractivity contribution in [1.82, 2.24) is 0 Å². The maximum Gasteiger partial charge on any atom is 0.416 e. The van der Waals surface area contributed by atoms with E-state index in [9.17, 15) is 33.0 Å². The van der Waals surface area contributed by atoms with E-state index in [1.165, 1.54) is 25.1 Å². The third kappa shape index (κ3) is 11.0. The summed E-state index contributed by atoms with van der Waals surface area (Å²) in [6.45, 7) is 1.20. The van der Waals surface area contributed by atoms with Gasteiger partial charge in [-0.2, -0.15) is 13.2 Å². The minimum atomic E-state index is -4.48. The van der Waals surface area contributed by atoms with E-state index in [0.29, 0.717) is 30.7 Å². The Morgan fingerprint density at radius 2 is 1.85 bits per heavy atom. The topological polar surface area (TPSA) is 105 Å². The van der Waals surface area contributed by atoms with Crippen molar-refractivity contribution in [2.24, 2.45) is 11.8 Å². The molecule has 222 valence electrons. The summed E-state index contributed by atoms with van der Waals surface area (Å²) in [5.74, 6) is -0.0780. The number of anilines is 1. The van der Waals surface area contributed by atoms with Gasteiger partial charge in [-0.05, 0) is 80.5 Å². The van der Waals surface area contributed by atoms with Gasteiger partial charge in [0.05, 0.1) is 11.7 Å². The fourth-order valence-corrected chi connectivity index (χ4v) is 4.65. The van der Waals surface area contributed by atoms with Crippen molar-refractivity contribution in [1.29, 1.82) is 0 Å². The quantitative estimate of drug-likeness (QED) is 0.116. The minimum Gasteiger partial charge on any atom is -0.491 e. The summed E-state index contributed by atoms with van der Waals surface area (Å²) in [5, 5.41) is 23.3. The van der Waals surface area contributed by atoms with Crippen molar-refractivity contribution in [2.45, 2.75) is 63.8 Å². The molecule has 1 aliphatic rings. The highest BCUT2D eigenvalue weighted by atomic mass is 19.4. The van der Waals surface area contributed by atoms with Gasteiger partial charge in [0, 0.05) is 24.9 Å². The molecule has 0 heterocycles. The summed E-state index contributed by atoms with van der Waals surface area (Å²) in [4.78, 5) is 23.1. The summed E-state index contributed by atoms with van der Waals surface area (Å²) in [6, 6.07) is 11.0. The van der Waals surface area contributed by atoms with Crippen LogP contribution in [0.2, 0.25) is 0 Å². The first-order valence-electron chi connectivity index (χ1n) is 13.6. The van der Waals surface area contributed by atoms with Gasteiger partial charge in [-0.3, -0.25) is 9.59 Å². The smallest absolute Gasteiger partial charge is 0.416 e. The number of unbranched alkanes of at least 4 members (excludes halogenated alkanes) is 1. The molecule has 1 amide bonds. The van der Waals surface area contributed by atoms with Crippen LogP contribution >= 0.6 is 0 Å². The zero-order valence-electron chi connectivity index (χ0n) is 22.8. The molecule has 2 aromatic rings. The largest absolute Gasteiger partial charge is 0.491 e. The highest BCUT2D eigenvalue weighted by molar-refractivity contribution is 5.88. The van der Waals surface area contributed by atoms with Crippen molar-refractivity contribution < 1.29 is 42.4 Å². The number of rotatable bonds is 13. The molecule has 1 fully saturated rings. The van der Waals surface area contributed by atoms with E-state index in [1.807, 2.05) is 12.2 Å². The van der Waals surface area contributed by atoms with Crippen LogP contribution in [0.1, 0.15) is 51.0 Å². The van der Waals surface area contributed by atoms with Gasteiger partial charge in [0.25, 0.3) is 0 Å². The van der Waals surface area contributed by atoms with Crippen molar-refractivity contribution in [3.05, 3.63) is 78.4 Å². The van der Waals surface area contributed by atoms with Crippen LogP contribution in [0.5, 0.6) is 11.5 Å². The standard InChI is InChI=1S/C31H36F3NO6/c1-21(36)35-24-12-15-26(16-13-24)41-30(39)10-5-3-2-4-7-22-11-18-29(38)28(22)17-14-25(37)20-40-27-9-6-8-23(19-27)31(32,33)34/h2,4,6,8-9,12-17,19,22,25,28-29,37-38H,3,5,7,10-11,18,20H2,1H3,(H,35,36)/b4-2-,17-14+/t22-,25+,28+,29+/m0/s1. The number of nitrogens with one attached hydrogen (secondary N) is 1. The van der Waals surface area contributed by atoms with E-state index in [2.05, 4.69) is 5.32 Å². The number of esters is 1. The van der Waals surface area contributed by atoms with E-state index < -0.39 is 23.9 Å². The number of aliphatic hydroxyl groups is 2. The molecular formula is C31H36F3NO6. The van der Waals surface area contributed by atoms with Crippen molar-refractivity contribution >= 4 is 17.6 Å². The van der Waals surface area contributed by atoms with E-state index in [0.717, 1.165) is 25.0 Å². The molecule has 0 aliphatic heterocycles. The van der Waals surface area contributed by atoms with Crippen LogP contribution in [0.3, 0.4) is 0 Å². The number of benzene rings is 2.